The molecular weight excluding hydrogens is 284 g/mol. The Morgan fingerprint density at radius 3 is 2.41 bits per heavy atom. The van der Waals surface area contributed by atoms with E-state index in [-0.39, 0.29) is 17.2 Å². The van der Waals surface area contributed by atoms with Crippen LogP contribution in [0, 0.1) is 5.21 Å². The summed E-state index contributed by atoms with van der Waals surface area (Å²) in [5, 5.41) is 15.4. The molecule has 0 bridgehead atoms. The molecule has 1 heterocycles. The Morgan fingerprint density at radius 2 is 1.73 bits per heavy atom. The molecule has 1 aromatic heterocycles. The number of aromatic nitrogens is 2. The fourth-order valence-electron chi connectivity index (χ4n) is 1.99. The SMILES string of the molecule is O=C(OCc1c(-c2ccccc2)no[n+]1[O-])c1ccccc1. The maximum atomic E-state index is 11.9. The van der Waals surface area contributed by atoms with Crippen LogP contribution in [0.2, 0.25) is 0 Å². The Labute approximate surface area is 126 Å². The minimum absolute atomic E-state index is 0.149. The van der Waals surface area contributed by atoms with Gasteiger partial charge in [0.2, 0.25) is 5.69 Å². The van der Waals surface area contributed by atoms with Crippen LogP contribution in [0.3, 0.4) is 0 Å². The number of carbonyl (C=O) groups is 1. The predicted molar refractivity (Wildman–Crippen MR) is 76.5 cm³/mol. The third kappa shape index (κ3) is 2.80. The van der Waals surface area contributed by atoms with Gasteiger partial charge in [-0.15, -0.1) is 0 Å². The quantitative estimate of drug-likeness (QED) is 0.545. The van der Waals surface area contributed by atoms with Crippen molar-refractivity contribution in [3.05, 3.63) is 77.1 Å². The first-order valence-electron chi connectivity index (χ1n) is 6.62. The zero-order valence-corrected chi connectivity index (χ0v) is 11.5. The van der Waals surface area contributed by atoms with E-state index >= 15 is 0 Å². The van der Waals surface area contributed by atoms with Crippen molar-refractivity contribution >= 4 is 5.97 Å². The minimum atomic E-state index is -0.513. The van der Waals surface area contributed by atoms with Crippen LogP contribution in [0.1, 0.15) is 16.1 Å². The standard InChI is InChI=1S/C16H12N2O4/c19-16(13-9-5-2-6-10-13)21-11-14-15(17-22-18(14)20)12-7-3-1-4-8-12/h1-10H,11H2. The second-order valence-electron chi connectivity index (χ2n) is 4.53. The molecule has 0 fully saturated rings. The Balaban J connectivity index is 1.79. The van der Waals surface area contributed by atoms with Gasteiger partial charge < -0.3 is 9.94 Å². The third-order valence-corrected chi connectivity index (χ3v) is 3.10. The lowest BCUT2D eigenvalue weighted by Gasteiger charge is -2.03. The molecule has 0 N–H and O–H groups in total. The molecule has 0 aliphatic heterocycles. The molecule has 0 amide bonds. The van der Waals surface area contributed by atoms with E-state index in [2.05, 4.69) is 9.79 Å². The zero-order chi connectivity index (χ0) is 15.4. The van der Waals surface area contributed by atoms with Crippen molar-refractivity contribution in [3.63, 3.8) is 0 Å². The number of nitrogens with zero attached hydrogens (tertiary/aromatic N) is 2. The summed E-state index contributed by atoms with van der Waals surface area (Å²) in [6, 6.07) is 17.6. The highest BCUT2D eigenvalue weighted by molar-refractivity contribution is 5.89. The van der Waals surface area contributed by atoms with Gasteiger partial charge in [-0.2, -0.15) is 0 Å². The number of benzene rings is 2. The monoisotopic (exact) mass is 296 g/mol. The molecule has 0 radical (unpaired) electrons. The van der Waals surface area contributed by atoms with Gasteiger partial charge >= 0.3 is 5.97 Å². The summed E-state index contributed by atoms with van der Waals surface area (Å²) in [4.78, 5) is 12.2. The molecule has 22 heavy (non-hydrogen) atoms. The molecule has 0 unspecified atom stereocenters. The van der Waals surface area contributed by atoms with Crippen LogP contribution in [0.15, 0.2) is 65.3 Å². The van der Waals surface area contributed by atoms with E-state index < -0.39 is 5.97 Å². The first-order valence-corrected chi connectivity index (χ1v) is 6.62. The first kappa shape index (κ1) is 13.8. The minimum Gasteiger partial charge on any atom is -0.453 e. The molecule has 6 nitrogen and oxygen atoms in total. The van der Waals surface area contributed by atoms with Gasteiger partial charge in [0.15, 0.2) is 6.61 Å². The molecule has 0 atom stereocenters. The van der Waals surface area contributed by atoms with Gasteiger partial charge in [0.1, 0.15) is 0 Å². The molecule has 0 aliphatic rings. The van der Waals surface area contributed by atoms with E-state index in [0.29, 0.717) is 16.8 Å². The second-order valence-corrected chi connectivity index (χ2v) is 4.53. The highest BCUT2D eigenvalue weighted by atomic mass is 16.8. The molecule has 3 rings (SSSR count). The lowest BCUT2D eigenvalue weighted by molar-refractivity contribution is -0.808. The lowest BCUT2D eigenvalue weighted by Crippen LogP contribution is -2.29. The molecule has 0 saturated carbocycles. The molecule has 2 aromatic carbocycles. The topological polar surface area (TPSA) is 79.3 Å². The summed E-state index contributed by atoms with van der Waals surface area (Å²) in [5.74, 6) is -0.513. The van der Waals surface area contributed by atoms with Crippen molar-refractivity contribution < 1.29 is 19.1 Å². The molecule has 0 spiro atoms. The number of hydrogen-bond acceptors (Lipinski definition) is 5. The van der Waals surface area contributed by atoms with Gasteiger partial charge in [-0.1, -0.05) is 48.5 Å². The second kappa shape index (κ2) is 6.09. The first-order chi connectivity index (χ1) is 10.8. The van der Waals surface area contributed by atoms with Crippen LogP contribution >= 0.6 is 0 Å². The molecule has 0 aliphatic carbocycles. The maximum absolute atomic E-state index is 11.9. The van der Waals surface area contributed by atoms with Crippen LogP contribution in [0.4, 0.5) is 0 Å². The zero-order valence-electron chi connectivity index (χ0n) is 11.5. The van der Waals surface area contributed by atoms with E-state index in [1.807, 2.05) is 18.2 Å². The highest BCUT2D eigenvalue weighted by Crippen LogP contribution is 2.19. The van der Waals surface area contributed by atoms with Crippen molar-refractivity contribution in [1.29, 1.82) is 0 Å². The van der Waals surface area contributed by atoms with Crippen molar-refractivity contribution in [2.75, 3.05) is 0 Å². The van der Waals surface area contributed by atoms with Crippen molar-refractivity contribution in [1.82, 2.24) is 5.16 Å². The van der Waals surface area contributed by atoms with E-state index in [9.17, 15) is 10.0 Å². The van der Waals surface area contributed by atoms with Crippen molar-refractivity contribution in [2.45, 2.75) is 6.61 Å². The van der Waals surface area contributed by atoms with Gasteiger partial charge in [0, 0.05) is 10.7 Å². The average molecular weight is 296 g/mol. The van der Waals surface area contributed by atoms with E-state index in [1.165, 1.54) is 0 Å². The third-order valence-electron chi connectivity index (χ3n) is 3.10. The van der Waals surface area contributed by atoms with Crippen LogP contribution in [0.5, 0.6) is 0 Å². The number of ether oxygens (including phenoxy) is 1. The Morgan fingerprint density at radius 1 is 1.09 bits per heavy atom. The molecule has 6 heteroatoms. The largest absolute Gasteiger partial charge is 0.453 e. The van der Waals surface area contributed by atoms with Crippen molar-refractivity contribution in [3.8, 4) is 11.3 Å². The van der Waals surface area contributed by atoms with Gasteiger partial charge in [-0.3, -0.25) is 4.63 Å². The fourth-order valence-corrected chi connectivity index (χ4v) is 1.99. The highest BCUT2D eigenvalue weighted by Gasteiger charge is 2.22. The number of carbonyl (C=O) groups excluding carboxylic acids is 1. The van der Waals surface area contributed by atoms with Crippen LogP contribution < -0.4 is 4.90 Å². The summed E-state index contributed by atoms with van der Waals surface area (Å²) in [6.45, 7) is -0.217. The van der Waals surface area contributed by atoms with Gasteiger partial charge in [-0.25, -0.2) is 4.79 Å². The number of esters is 1. The molecule has 0 saturated heterocycles. The Bertz CT molecular complexity index is 769. The number of rotatable bonds is 4. The average Bonchev–Trinajstić information content (AvgIpc) is 2.95. The molecular formula is C16H12N2O4. The van der Waals surface area contributed by atoms with E-state index in [1.54, 1.807) is 42.5 Å². The summed E-state index contributed by atoms with van der Waals surface area (Å²) >= 11 is 0. The van der Waals surface area contributed by atoms with Gasteiger partial charge in [0.25, 0.3) is 5.69 Å². The molecule has 110 valence electrons. The van der Waals surface area contributed by atoms with E-state index in [4.69, 9.17) is 4.74 Å². The van der Waals surface area contributed by atoms with Gasteiger partial charge in [-0.05, 0) is 17.0 Å². The summed E-state index contributed by atoms with van der Waals surface area (Å²) < 4.78 is 9.76. The van der Waals surface area contributed by atoms with Gasteiger partial charge in [0.05, 0.1) is 5.56 Å². The fraction of sp³-hybridized carbons (Fsp3) is 0.0625. The number of hydrogen-bond donors (Lipinski definition) is 0. The lowest BCUT2D eigenvalue weighted by atomic mass is 10.1. The summed E-state index contributed by atoms with van der Waals surface area (Å²) in [6.07, 6.45) is 0. The van der Waals surface area contributed by atoms with E-state index in [0.717, 1.165) is 0 Å². The summed E-state index contributed by atoms with van der Waals surface area (Å²) in [7, 11) is 0. The smallest absolute Gasteiger partial charge is 0.338 e. The van der Waals surface area contributed by atoms with Crippen LogP contribution in [0.25, 0.3) is 11.3 Å². The Kier molecular flexibility index (Phi) is 3.82. The maximum Gasteiger partial charge on any atom is 0.338 e. The van der Waals surface area contributed by atoms with Crippen LogP contribution in [-0.2, 0) is 11.3 Å². The Hall–Kier alpha value is -3.15. The molecule has 3 aromatic rings. The summed E-state index contributed by atoms with van der Waals surface area (Å²) in [5.41, 5.74) is 1.64. The van der Waals surface area contributed by atoms with Crippen molar-refractivity contribution in [2.24, 2.45) is 0 Å². The predicted octanol–water partition coefficient (Wildman–Crippen LogP) is 2.33. The normalized spacial score (nSPS) is 10.4. The van der Waals surface area contributed by atoms with Crippen LogP contribution in [-0.4, -0.2) is 11.1 Å².